The highest BCUT2D eigenvalue weighted by molar-refractivity contribution is 6.39. The van der Waals surface area contributed by atoms with Gasteiger partial charge in [0.25, 0.3) is 0 Å². The van der Waals surface area contributed by atoms with Crippen molar-refractivity contribution in [2.24, 2.45) is 0 Å². The summed E-state index contributed by atoms with van der Waals surface area (Å²) in [4.78, 5) is 26.6. The van der Waals surface area contributed by atoms with Crippen LogP contribution in [-0.4, -0.2) is 23.3 Å². The first-order chi connectivity index (χ1) is 11.8. The molecular weight excluding hydrogens is 312 g/mol. The summed E-state index contributed by atoms with van der Waals surface area (Å²) >= 11 is 0. The second-order valence-corrected chi connectivity index (χ2v) is 7.05. The van der Waals surface area contributed by atoms with Crippen molar-refractivity contribution in [2.45, 2.75) is 39.7 Å². The number of nitrogens with zero attached hydrogens (tertiary/aromatic N) is 1. The summed E-state index contributed by atoms with van der Waals surface area (Å²) in [6, 6.07) is 17.3. The Bertz CT molecular complexity index is 733. The van der Waals surface area contributed by atoms with E-state index in [1.54, 1.807) is 4.90 Å². The molecule has 0 fully saturated rings. The van der Waals surface area contributed by atoms with Crippen LogP contribution in [0.25, 0.3) is 0 Å². The van der Waals surface area contributed by atoms with E-state index in [1.807, 2.05) is 61.5 Å². The zero-order valence-electron chi connectivity index (χ0n) is 15.4. The van der Waals surface area contributed by atoms with E-state index in [0.29, 0.717) is 18.8 Å². The van der Waals surface area contributed by atoms with Gasteiger partial charge in [-0.3, -0.25) is 9.59 Å². The number of rotatable bonds is 4. The fourth-order valence-electron chi connectivity index (χ4n) is 2.70. The van der Waals surface area contributed by atoms with Gasteiger partial charge in [0.2, 0.25) is 0 Å². The van der Waals surface area contributed by atoms with Gasteiger partial charge in [0.05, 0.1) is 0 Å². The SMILES string of the molecule is CCN(Cc1ccccc1)C(=O)C(=O)Nc1ccccc1C(C)(C)C. The van der Waals surface area contributed by atoms with E-state index in [2.05, 4.69) is 26.1 Å². The summed E-state index contributed by atoms with van der Waals surface area (Å²) in [5, 5.41) is 2.79. The molecule has 0 aliphatic heterocycles. The Morgan fingerprint density at radius 1 is 0.960 bits per heavy atom. The van der Waals surface area contributed by atoms with Gasteiger partial charge in [-0.25, -0.2) is 0 Å². The molecule has 0 radical (unpaired) electrons. The Hall–Kier alpha value is -2.62. The standard InChI is InChI=1S/C21H26N2O2/c1-5-23(15-16-11-7-6-8-12-16)20(25)19(24)22-18-14-10-9-13-17(18)21(2,3)4/h6-14H,5,15H2,1-4H3,(H,22,24). The molecule has 0 spiro atoms. The maximum absolute atomic E-state index is 12.6. The van der Waals surface area contributed by atoms with Crippen LogP contribution in [-0.2, 0) is 21.5 Å². The van der Waals surface area contributed by atoms with Gasteiger partial charge in [-0.15, -0.1) is 0 Å². The summed E-state index contributed by atoms with van der Waals surface area (Å²) < 4.78 is 0. The zero-order chi connectivity index (χ0) is 18.4. The Morgan fingerprint density at radius 2 is 1.56 bits per heavy atom. The smallest absolute Gasteiger partial charge is 0.313 e. The minimum absolute atomic E-state index is 0.124. The van der Waals surface area contributed by atoms with Crippen LogP contribution < -0.4 is 5.32 Å². The number of carbonyl (C=O) groups is 2. The first-order valence-corrected chi connectivity index (χ1v) is 8.56. The monoisotopic (exact) mass is 338 g/mol. The Labute approximate surface area is 149 Å². The largest absolute Gasteiger partial charge is 0.330 e. The molecule has 2 aromatic carbocycles. The van der Waals surface area contributed by atoms with Crippen molar-refractivity contribution in [2.75, 3.05) is 11.9 Å². The number of anilines is 1. The number of nitrogens with one attached hydrogen (secondary N) is 1. The molecule has 132 valence electrons. The molecule has 2 amide bonds. The molecule has 0 unspecified atom stereocenters. The van der Waals surface area contributed by atoms with Crippen LogP contribution in [0.4, 0.5) is 5.69 Å². The molecule has 0 saturated heterocycles. The maximum atomic E-state index is 12.6. The fourth-order valence-corrected chi connectivity index (χ4v) is 2.70. The number of hydrogen-bond donors (Lipinski definition) is 1. The van der Waals surface area contributed by atoms with Gasteiger partial charge in [0, 0.05) is 18.8 Å². The van der Waals surface area contributed by atoms with E-state index in [1.165, 1.54) is 0 Å². The van der Waals surface area contributed by atoms with E-state index in [-0.39, 0.29) is 5.41 Å². The van der Waals surface area contributed by atoms with Crippen molar-refractivity contribution >= 4 is 17.5 Å². The van der Waals surface area contributed by atoms with E-state index < -0.39 is 11.8 Å². The van der Waals surface area contributed by atoms with Crippen LogP contribution in [0, 0.1) is 0 Å². The number of amides is 2. The molecule has 2 rings (SSSR count). The van der Waals surface area contributed by atoms with Gasteiger partial charge in [-0.1, -0.05) is 69.3 Å². The second-order valence-electron chi connectivity index (χ2n) is 7.05. The summed E-state index contributed by atoms with van der Waals surface area (Å²) in [5.74, 6) is -1.12. The van der Waals surface area contributed by atoms with Crippen LogP contribution in [0.1, 0.15) is 38.8 Å². The molecule has 0 aliphatic carbocycles. The lowest BCUT2D eigenvalue weighted by Crippen LogP contribution is -2.39. The molecule has 0 atom stereocenters. The van der Waals surface area contributed by atoms with Crippen LogP contribution in [0.5, 0.6) is 0 Å². The summed E-state index contributed by atoms with van der Waals surface area (Å²) in [6.07, 6.45) is 0. The van der Waals surface area contributed by atoms with E-state index >= 15 is 0 Å². The average Bonchev–Trinajstić information content (AvgIpc) is 2.59. The van der Waals surface area contributed by atoms with E-state index in [4.69, 9.17) is 0 Å². The number of hydrogen-bond acceptors (Lipinski definition) is 2. The molecule has 2 aromatic rings. The van der Waals surface area contributed by atoms with Gasteiger partial charge < -0.3 is 10.2 Å². The van der Waals surface area contributed by atoms with Gasteiger partial charge in [0.15, 0.2) is 0 Å². The molecule has 0 bridgehead atoms. The lowest BCUT2D eigenvalue weighted by atomic mass is 9.86. The number of para-hydroxylation sites is 1. The zero-order valence-corrected chi connectivity index (χ0v) is 15.4. The average molecular weight is 338 g/mol. The van der Waals surface area contributed by atoms with Crippen molar-refractivity contribution in [1.82, 2.24) is 4.90 Å². The highest BCUT2D eigenvalue weighted by atomic mass is 16.2. The highest BCUT2D eigenvalue weighted by Gasteiger charge is 2.24. The van der Waals surface area contributed by atoms with Gasteiger partial charge in [0.1, 0.15) is 0 Å². The minimum atomic E-state index is -0.602. The number of benzene rings is 2. The third-order valence-corrected chi connectivity index (χ3v) is 4.06. The van der Waals surface area contributed by atoms with Crippen LogP contribution in [0.15, 0.2) is 54.6 Å². The molecule has 0 aliphatic rings. The maximum Gasteiger partial charge on any atom is 0.313 e. The first kappa shape index (κ1) is 18.7. The topological polar surface area (TPSA) is 49.4 Å². The Morgan fingerprint density at radius 3 is 2.16 bits per heavy atom. The van der Waals surface area contributed by atoms with Crippen LogP contribution >= 0.6 is 0 Å². The predicted octanol–water partition coefficient (Wildman–Crippen LogP) is 3.97. The molecule has 4 heteroatoms. The lowest BCUT2D eigenvalue weighted by Gasteiger charge is -2.24. The Kier molecular flexibility index (Phi) is 5.97. The van der Waals surface area contributed by atoms with Gasteiger partial charge in [-0.05, 0) is 29.5 Å². The van der Waals surface area contributed by atoms with Crippen molar-refractivity contribution in [1.29, 1.82) is 0 Å². The van der Waals surface area contributed by atoms with Crippen LogP contribution in [0.3, 0.4) is 0 Å². The third kappa shape index (κ3) is 4.92. The molecule has 25 heavy (non-hydrogen) atoms. The number of carbonyl (C=O) groups excluding carboxylic acids is 2. The van der Waals surface area contributed by atoms with Crippen molar-refractivity contribution in [3.63, 3.8) is 0 Å². The third-order valence-electron chi connectivity index (χ3n) is 4.06. The normalized spacial score (nSPS) is 11.0. The number of likely N-dealkylation sites (N-methyl/N-ethyl adjacent to an activating group) is 1. The molecule has 0 saturated carbocycles. The molecule has 0 aromatic heterocycles. The molecule has 0 heterocycles. The van der Waals surface area contributed by atoms with Crippen molar-refractivity contribution in [3.05, 3.63) is 65.7 Å². The van der Waals surface area contributed by atoms with Crippen LogP contribution in [0.2, 0.25) is 0 Å². The summed E-state index contributed by atoms with van der Waals surface area (Å²) in [6.45, 7) is 9.00. The summed E-state index contributed by atoms with van der Waals surface area (Å²) in [7, 11) is 0. The fraction of sp³-hybridized carbons (Fsp3) is 0.333. The van der Waals surface area contributed by atoms with E-state index in [0.717, 1.165) is 11.1 Å². The highest BCUT2D eigenvalue weighted by Crippen LogP contribution is 2.29. The summed E-state index contributed by atoms with van der Waals surface area (Å²) in [5.41, 5.74) is 2.56. The first-order valence-electron chi connectivity index (χ1n) is 8.56. The predicted molar refractivity (Wildman–Crippen MR) is 101 cm³/mol. The van der Waals surface area contributed by atoms with Gasteiger partial charge >= 0.3 is 11.8 Å². The Balaban J connectivity index is 2.13. The lowest BCUT2D eigenvalue weighted by molar-refractivity contribution is -0.143. The quantitative estimate of drug-likeness (QED) is 0.858. The van der Waals surface area contributed by atoms with E-state index in [9.17, 15) is 9.59 Å². The van der Waals surface area contributed by atoms with Crippen molar-refractivity contribution in [3.8, 4) is 0 Å². The van der Waals surface area contributed by atoms with Crippen molar-refractivity contribution < 1.29 is 9.59 Å². The molecular formula is C21H26N2O2. The molecule has 1 N–H and O–H groups in total. The van der Waals surface area contributed by atoms with Gasteiger partial charge in [-0.2, -0.15) is 0 Å². The molecule has 4 nitrogen and oxygen atoms in total. The minimum Gasteiger partial charge on any atom is -0.330 e. The second kappa shape index (κ2) is 7.97.